The summed E-state index contributed by atoms with van der Waals surface area (Å²) >= 11 is 6.10. The summed E-state index contributed by atoms with van der Waals surface area (Å²) in [6.45, 7) is 2.94. The van der Waals surface area contributed by atoms with E-state index in [1.165, 1.54) is 0 Å². The molecule has 0 atom stereocenters. The van der Waals surface area contributed by atoms with Gasteiger partial charge in [0.25, 0.3) is 0 Å². The smallest absolute Gasteiger partial charge is 0.179 e. The van der Waals surface area contributed by atoms with Crippen LogP contribution in [0.2, 0.25) is 5.02 Å². The van der Waals surface area contributed by atoms with Gasteiger partial charge in [-0.2, -0.15) is 0 Å². The molecule has 0 saturated heterocycles. The van der Waals surface area contributed by atoms with Gasteiger partial charge in [0.15, 0.2) is 11.5 Å². The van der Waals surface area contributed by atoms with Gasteiger partial charge in [0, 0.05) is 6.54 Å². The standard InChI is InChI=1S/C12H16ClNO2/c1-3-16-12-10(13)7-9(5-4-6-14)8-11(12)15-2/h4-5,7-8H,3,6,14H2,1-2H3. The topological polar surface area (TPSA) is 44.5 Å². The minimum absolute atomic E-state index is 0.493. The Bertz CT molecular complexity index is 378. The number of rotatable bonds is 5. The predicted octanol–water partition coefficient (Wildman–Crippen LogP) is 2.72. The van der Waals surface area contributed by atoms with Crippen LogP contribution in [0, 0.1) is 0 Å². The van der Waals surface area contributed by atoms with Crippen molar-refractivity contribution in [3.63, 3.8) is 0 Å². The van der Waals surface area contributed by atoms with Crippen LogP contribution in [-0.2, 0) is 0 Å². The van der Waals surface area contributed by atoms with Crippen molar-refractivity contribution in [1.29, 1.82) is 0 Å². The Morgan fingerprint density at radius 2 is 2.19 bits per heavy atom. The maximum Gasteiger partial charge on any atom is 0.179 e. The molecule has 1 aromatic rings. The van der Waals surface area contributed by atoms with Gasteiger partial charge < -0.3 is 15.2 Å². The van der Waals surface area contributed by atoms with Gasteiger partial charge in [0.2, 0.25) is 0 Å². The molecule has 3 nitrogen and oxygen atoms in total. The summed E-state index contributed by atoms with van der Waals surface area (Å²) in [5.41, 5.74) is 6.33. The zero-order chi connectivity index (χ0) is 12.0. The van der Waals surface area contributed by atoms with Crippen LogP contribution >= 0.6 is 11.6 Å². The van der Waals surface area contributed by atoms with Crippen LogP contribution in [0.25, 0.3) is 6.08 Å². The lowest BCUT2D eigenvalue weighted by Crippen LogP contribution is -1.97. The number of methoxy groups -OCH3 is 1. The monoisotopic (exact) mass is 241 g/mol. The fourth-order valence-corrected chi connectivity index (χ4v) is 1.60. The molecule has 0 heterocycles. The highest BCUT2D eigenvalue weighted by molar-refractivity contribution is 6.32. The summed E-state index contributed by atoms with van der Waals surface area (Å²) in [7, 11) is 1.59. The molecule has 2 N–H and O–H groups in total. The zero-order valence-electron chi connectivity index (χ0n) is 9.50. The molecule has 0 amide bonds. The van der Waals surface area contributed by atoms with E-state index in [4.69, 9.17) is 26.8 Å². The van der Waals surface area contributed by atoms with Crippen molar-refractivity contribution in [3.05, 3.63) is 28.8 Å². The summed E-state index contributed by atoms with van der Waals surface area (Å²) in [5, 5.41) is 0.540. The van der Waals surface area contributed by atoms with E-state index in [1.54, 1.807) is 7.11 Å². The molecule has 0 aliphatic carbocycles. The van der Waals surface area contributed by atoms with E-state index in [9.17, 15) is 0 Å². The minimum atomic E-state index is 0.493. The van der Waals surface area contributed by atoms with Crippen molar-refractivity contribution in [1.82, 2.24) is 0 Å². The maximum atomic E-state index is 6.10. The molecule has 0 bridgehead atoms. The molecule has 1 rings (SSSR count). The molecule has 0 aliphatic heterocycles. The molecule has 88 valence electrons. The molecule has 0 aliphatic rings. The largest absolute Gasteiger partial charge is 0.493 e. The van der Waals surface area contributed by atoms with Crippen LogP contribution in [0.4, 0.5) is 0 Å². The third-order valence-electron chi connectivity index (χ3n) is 1.99. The first-order valence-corrected chi connectivity index (χ1v) is 5.47. The fourth-order valence-electron chi connectivity index (χ4n) is 1.32. The summed E-state index contributed by atoms with van der Waals surface area (Å²) in [6.07, 6.45) is 3.75. The van der Waals surface area contributed by atoms with E-state index in [2.05, 4.69) is 0 Å². The molecule has 0 spiro atoms. The Balaban J connectivity index is 3.10. The van der Waals surface area contributed by atoms with E-state index >= 15 is 0 Å². The molecular weight excluding hydrogens is 226 g/mol. The first-order chi connectivity index (χ1) is 7.72. The van der Waals surface area contributed by atoms with Gasteiger partial charge in [-0.15, -0.1) is 0 Å². The van der Waals surface area contributed by atoms with E-state index in [0.717, 1.165) is 5.56 Å². The molecule has 0 saturated carbocycles. The Hall–Kier alpha value is -1.19. The lowest BCUT2D eigenvalue weighted by Gasteiger charge is -2.11. The lowest BCUT2D eigenvalue weighted by atomic mass is 10.2. The second-order valence-electron chi connectivity index (χ2n) is 3.11. The molecule has 0 radical (unpaired) electrons. The van der Waals surface area contributed by atoms with Crippen LogP contribution < -0.4 is 15.2 Å². The number of halogens is 1. The van der Waals surface area contributed by atoms with Gasteiger partial charge in [-0.1, -0.05) is 23.8 Å². The number of hydrogen-bond donors (Lipinski definition) is 1. The number of ether oxygens (including phenoxy) is 2. The summed E-state index contributed by atoms with van der Waals surface area (Å²) < 4.78 is 10.6. The summed E-state index contributed by atoms with van der Waals surface area (Å²) in [4.78, 5) is 0. The average molecular weight is 242 g/mol. The number of benzene rings is 1. The van der Waals surface area contributed by atoms with Crippen molar-refractivity contribution in [2.24, 2.45) is 5.73 Å². The minimum Gasteiger partial charge on any atom is -0.493 e. The van der Waals surface area contributed by atoms with Gasteiger partial charge in [-0.3, -0.25) is 0 Å². The Morgan fingerprint density at radius 1 is 1.44 bits per heavy atom. The highest BCUT2D eigenvalue weighted by Gasteiger charge is 2.10. The van der Waals surface area contributed by atoms with Crippen LogP contribution in [0.5, 0.6) is 11.5 Å². The Labute approximate surface area is 101 Å². The molecule has 16 heavy (non-hydrogen) atoms. The number of nitrogens with two attached hydrogens (primary N) is 1. The van der Waals surface area contributed by atoms with E-state index in [0.29, 0.717) is 29.7 Å². The normalized spacial score (nSPS) is 10.8. The van der Waals surface area contributed by atoms with Crippen molar-refractivity contribution in [2.45, 2.75) is 6.92 Å². The zero-order valence-corrected chi connectivity index (χ0v) is 10.3. The molecule has 1 aromatic carbocycles. The van der Waals surface area contributed by atoms with Crippen LogP contribution in [-0.4, -0.2) is 20.3 Å². The van der Waals surface area contributed by atoms with E-state index in [-0.39, 0.29) is 0 Å². The van der Waals surface area contributed by atoms with Crippen molar-refractivity contribution in [2.75, 3.05) is 20.3 Å². The van der Waals surface area contributed by atoms with E-state index < -0.39 is 0 Å². The van der Waals surface area contributed by atoms with Crippen LogP contribution in [0.3, 0.4) is 0 Å². The van der Waals surface area contributed by atoms with Crippen molar-refractivity contribution >= 4 is 17.7 Å². The van der Waals surface area contributed by atoms with Crippen molar-refractivity contribution < 1.29 is 9.47 Å². The second-order valence-corrected chi connectivity index (χ2v) is 3.51. The SMILES string of the molecule is CCOc1c(Cl)cc(C=CCN)cc1OC. The summed E-state index contributed by atoms with van der Waals surface area (Å²) in [5.74, 6) is 1.21. The van der Waals surface area contributed by atoms with E-state index in [1.807, 2.05) is 31.2 Å². The number of hydrogen-bond acceptors (Lipinski definition) is 3. The van der Waals surface area contributed by atoms with Gasteiger partial charge in [0.1, 0.15) is 0 Å². The van der Waals surface area contributed by atoms with Crippen LogP contribution in [0.15, 0.2) is 18.2 Å². The fraction of sp³-hybridized carbons (Fsp3) is 0.333. The first kappa shape index (κ1) is 12.9. The van der Waals surface area contributed by atoms with Crippen molar-refractivity contribution in [3.8, 4) is 11.5 Å². The van der Waals surface area contributed by atoms with Gasteiger partial charge in [0.05, 0.1) is 18.7 Å². The predicted molar refractivity (Wildman–Crippen MR) is 67.3 cm³/mol. The Kier molecular flexibility index (Phi) is 5.15. The van der Waals surface area contributed by atoms with Crippen LogP contribution in [0.1, 0.15) is 12.5 Å². The highest BCUT2D eigenvalue weighted by atomic mass is 35.5. The van der Waals surface area contributed by atoms with Gasteiger partial charge in [-0.05, 0) is 24.6 Å². The molecular formula is C12H16ClNO2. The highest BCUT2D eigenvalue weighted by Crippen LogP contribution is 2.36. The average Bonchev–Trinajstić information content (AvgIpc) is 2.29. The Morgan fingerprint density at radius 3 is 2.75 bits per heavy atom. The lowest BCUT2D eigenvalue weighted by molar-refractivity contribution is 0.311. The molecule has 4 heteroatoms. The van der Waals surface area contributed by atoms with Gasteiger partial charge >= 0.3 is 0 Å². The molecule has 0 unspecified atom stereocenters. The third kappa shape index (κ3) is 3.15. The maximum absolute atomic E-state index is 6.10. The second kappa shape index (κ2) is 6.40. The molecule has 0 aromatic heterocycles. The van der Waals surface area contributed by atoms with Gasteiger partial charge in [-0.25, -0.2) is 0 Å². The third-order valence-corrected chi connectivity index (χ3v) is 2.27. The first-order valence-electron chi connectivity index (χ1n) is 5.09. The quantitative estimate of drug-likeness (QED) is 0.862. The summed E-state index contributed by atoms with van der Waals surface area (Å²) in [6, 6.07) is 3.68. The molecule has 0 fully saturated rings.